The molecule has 0 aliphatic heterocycles. The molecule has 1 heterocycles. The maximum atomic E-state index is 9.03. The molecule has 74 valence electrons. The van der Waals surface area contributed by atoms with Gasteiger partial charge in [0, 0.05) is 0 Å². The van der Waals surface area contributed by atoms with Gasteiger partial charge in [-0.15, -0.1) is 0 Å². The van der Waals surface area contributed by atoms with E-state index in [2.05, 4.69) is 5.32 Å². The van der Waals surface area contributed by atoms with Gasteiger partial charge < -0.3 is 14.8 Å². The Balaban J connectivity index is 2.22. The fourth-order valence-corrected chi connectivity index (χ4v) is 1.15. The van der Waals surface area contributed by atoms with Crippen LogP contribution < -0.4 is 5.32 Å². The predicted molar refractivity (Wildman–Crippen MR) is 51.4 cm³/mol. The summed E-state index contributed by atoms with van der Waals surface area (Å²) in [6.45, 7) is 4.64. The van der Waals surface area contributed by atoms with Crippen molar-refractivity contribution in [3.8, 4) is 0 Å². The highest BCUT2D eigenvalue weighted by Crippen LogP contribution is 2.11. The van der Waals surface area contributed by atoms with E-state index in [1.54, 1.807) is 13.2 Å². The van der Waals surface area contributed by atoms with Gasteiger partial charge >= 0.3 is 0 Å². The molecule has 0 radical (unpaired) electrons. The molecule has 0 saturated carbocycles. The van der Waals surface area contributed by atoms with Gasteiger partial charge in [-0.25, -0.2) is 0 Å². The van der Waals surface area contributed by atoms with Crippen molar-refractivity contribution < 1.29 is 9.52 Å². The zero-order valence-corrected chi connectivity index (χ0v) is 8.16. The molecular formula is C10H17NO2. The third-order valence-corrected chi connectivity index (χ3v) is 1.98. The highest BCUT2D eigenvalue weighted by molar-refractivity contribution is 5.02. The van der Waals surface area contributed by atoms with Crippen LogP contribution in [0.15, 0.2) is 22.8 Å². The van der Waals surface area contributed by atoms with Crippen LogP contribution in [0.25, 0.3) is 0 Å². The van der Waals surface area contributed by atoms with Crippen molar-refractivity contribution in [2.75, 3.05) is 6.54 Å². The van der Waals surface area contributed by atoms with Crippen LogP contribution in [-0.4, -0.2) is 17.8 Å². The van der Waals surface area contributed by atoms with Gasteiger partial charge in [0.25, 0.3) is 0 Å². The molecule has 0 amide bonds. The van der Waals surface area contributed by atoms with Gasteiger partial charge in [0.2, 0.25) is 0 Å². The van der Waals surface area contributed by atoms with Crippen molar-refractivity contribution in [1.29, 1.82) is 0 Å². The summed E-state index contributed by atoms with van der Waals surface area (Å²) < 4.78 is 5.23. The second kappa shape index (κ2) is 5.04. The van der Waals surface area contributed by atoms with Gasteiger partial charge in [0.1, 0.15) is 5.76 Å². The molecule has 0 aromatic carbocycles. The molecule has 3 nitrogen and oxygen atoms in total. The van der Waals surface area contributed by atoms with Gasteiger partial charge in [-0.1, -0.05) is 0 Å². The summed E-state index contributed by atoms with van der Waals surface area (Å²) in [5, 5.41) is 12.3. The molecule has 0 spiro atoms. The smallest absolute Gasteiger partial charge is 0.120 e. The molecule has 0 fully saturated rings. The van der Waals surface area contributed by atoms with E-state index in [1.807, 2.05) is 19.1 Å². The lowest BCUT2D eigenvalue weighted by Crippen LogP contribution is -2.22. The lowest BCUT2D eigenvalue weighted by molar-refractivity contribution is 0.182. The van der Waals surface area contributed by atoms with Crippen LogP contribution in [0.2, 0.25) is 0 Å². The third kappa shape index (κ3) is 3.61. The standard InChI is InChI=1S/C10H17NO2/c1-8(12)5-6-11-9(2)10-4-3-7-13-10/h3-4,7-9,11-12H,5-6H2,1-2H3/t8-,9+/m1/s1. The van der Waals surface area contributed by atoms with Crippen LogP contribution in [0.1, 0.15) is 32.1 Å². The summed E-state index contributed by atoms with van der Waals surface area (Å²) in [6.07, 6.45) is 2.20. The van der Waals surface area contributed by atoms with Crippen molar-refractivity contribution in [3.05, 3.63) is 24.2 Å². The summed E-state index contributed by atoms with van der Waals surface area (Å²) in [5.41, 5.74) is 0. The third-order valence-electron chi connectivity index (χ3n) is 1.98. The number of rotatable bonds is 5. The number of furan rings is 1. The summed E-state index contributed by atoms with van der Waals surface area (Å²) in [6, 6.07) is 4.04. The van der Waals surface area contributed by atoms with Crippen molar-refractivity contribution in [3.63, 3.8) is 0 Å². The van der Waals surface area contributed by atoms with Gasteiger partial charge in [0.05, 0.1) is 18.4 Å². The monoisotopic (exact) mass is 183 g/mol. The Labute approximate surface area is 78.8 Å². The number of hydrogen-bond acceptors (Lipinski definition) is 3. The number of aliphatic hydroxyl groups excluding tert-OH is 1. The molecule has 0 aliphatic carbocycles. The molecule has 0 bridgehead atoms. The topological polar surface area (TPSA) is 45.4 Å². The fraction of sp³-hybridized carbons (Fsp3) is 0.600. The maximum absolute atomic E-state index is 9.03. The van der Waals surface area contributed by atoms with E-state index in [-0.39, 0.29) is 12.1 Å². The SMILES string of the molecule is C[C@H](NCC[C@@H](C)O)c1ccco1. The second-order valence-electron chi connectivity index (χ2n) is 3.33. The lowest BCUT2D eigenvalue weighted by Gasteiger charge is -2.11. The number of hydrogen-bond donors (Lipinski definition) is 2. The van der Waals surface area contributed by atoms with E-state index in [4.69, 9.17) is 9.52 Å². The van der Waals surface area contributed by atoms with E-state index in [1.165, 1.54) is 0 Å². The number of nitrogens with one attached hydrogen (secondary N) is 1. The van der Waals surface area contributed by atoms with E-state index in [0.29, 0.717) is 0 Å². The molecule has 2 N–H and O–H groups in total. The molecule has 2 atom stereocenters. The minimum atomic E-state index is -0.240. The Morgan fingerprint density at radius 1 is 1.54 bits per heavy atom. The molecule has 0 unspecified atom stereocenters. The largest absolute Gasteiger partial charge is 0.468 e. The maximum Gasteiger partial charge on any atom is 0.120 e. The lowest BCUT2D eigenvalue weighted by atomic mass is 10.2. The van der Waals surface area contributed by atoms with Crippen LogP contribution in [0.4, 0.5) is 0 Å². The van der Waals surface area contributed by atoms with Gasteiger partial charge in [-0.2, -0.15) is 0 Å². The van der Waals surface area contributed by atoms with E-state index in [0.717, 1.165) is 18.7 Å². The Morgan fingerprint density at radius 2 is 2.31 bits per heavy atom. The van der Waals surface area contributed by atoms with E-state index >= 15 is 0 Å². The molecule has 1 aromatic heterocycles. The summed E-state index contributed by atoms with van der Waals surface area (Å²) >= 11 is 0. The first-order valence-electron chi connectivity index (χ1n) is 4.65. The quantitative estimate of drug-likeness (QED) is 0.730. The summed E-state index contributed by atoms with van der Waals surface area (Å²) in [4.78, 5) is 0. The molecule has 0 saturated heterocycles. The molecule has 3 heteroatoms. The van der Waals surface area contributed by atoms with Crippen LogP contribution in [0.5, 0.6) is 0 Å². The minimum absolute atomic E-state index is 0.216. The highest BCUT2D eigenvalue weighted by atomic mass is 16.3. The Kier molecular flexibility index (Phi) is 3.99. The van der Waals surface area contributed by atoms with E-state index in [9.17, 15) is 0 Å². The molecule has 1 rings (SSSR count). The van der Waals surface area contributed by atoms with Crippen LogP contribution in [-0.2, 0) is 0 Å². The van der Waals surface area contributed by atoms with Gasteiger partial charge in [0.15, 0.2) is 0 Å². The zero-order chi connectivity index (χ0) is 9.68. The van der Waals surface area contributed by atoms with Crippen LogP contribution in [0, 0.1) is 0 Å². The molecular weight excluding hydrogens is 166 g/mol. The van der Waals surface area contributed by atoms with Gasteiger partial charge in [-0.3, -0.25) is 0 Å². The Hall–Kier alpha value is -0.800. The molecule has 13 heavy (non-hydrogen) atoms. The van der Waals surface area contributed by atoms with Crippen molar-refractivity contribution in [2.45, 2.75) is 32.4 Å². The fourth-order valence-electron chi connectivity index (χ4n) is 1.15. The van der Waals surface area contributed by atoms with Crippen LogP contribution >= 0.6 is 0 Å². The number of aliphatic hydroxyl groups is 1. The first-order chi connectivity index (χ1) is 6.20. The van der Waals surface area contributed by atoms with Crippen molar-refractivity contribution in [2.24, 2.45) is 0 Å². The average molecular weight is 183 g/mol. The molecule has 1 aromatic rings. The second-order valence-corrected chi connectivity index (χ2v) is 3.33. The Bertz CT molecular complexity index is 219. The van der Waals surface area contributed by atoms with Gasteiger partial charge in [-0.05, 0) is 38.9 Å². The van der Waals surface area contributed by atoms with E-state index < -0.39 is 0 Å². The average Bonchev–Trinajstić information content (AvgIpc) is 2.55. The van der Waals surface area contributed by atoms with Crippen molar-refractivity contribution in [1.82, 2.24) is 5.32 Å². The summed E-state index contributed by atoms with van der Waals surface area (Å²) in [7, 11) is 0. The zero-order valence-electron chi connectivity index (χ0n) is 8.16. The highest BCUT2D eigenvalue weighted by Gasteiger charge is 2.06. The normalized spacial score (nSPS) is 15.6. The first kappa shape index (κ1) is 10.3. The Morgan fingerprint density at radius 3 is 2.85 bits per heavy atom. The first-order valence-corrected chi connectivity index (χ1v) is 4.65. The minimum Gasteiger partial charge on any atom is -0.468 e. The predicted octanol–water partition coefficient (Wildman–Crippen LogP) is 1.70. The summed E-state index contributed by atoms with van der Waals surface area (Å²) in [5.74, 6) is 0.936. The van der Waals surface area contributed by atoms with Crippen LogP contribution in [0.3, 0.4) is 0 Å². The molecule has 0 aliphatic rings. The van der Waals surface area contributed by atoms with Crippen molar-refractivity contribution >= 4 is 0 Å².